The maximum atomic E-state index is 6.80. The minimum atomic E-state index is -1.93. The minimum absolute atomic E-state index is 0.213. The number of hydrogen-bond donors (Lipinski definition) is 1. The second-order valence-corrected chi connectivity index (χ2v) is 31.6. The Morgan fingerprint density at radius 2 is 1.46 bits per heavy atom. The van der Waals surface area contributed by atoms with Gasteiger partial charge in [-0.15, -0.1) is 0 Å². The summed E-state index contributed by atoms with van der Waals surface area (Å²) >= 11 is 0. The first-order valence-electron chi connectivity index (χ1n) is 12.6. The molecule has 1 N–H and O–H groups in total. The summed E-state index contributed by atoms with van der Waals surface area (Å²) in [5.41, 5.74) is 2.66. The van der Waals surface area contributed by atoms with Gasteiger partial charge in [-0.2, -0.15) is 0 Å². The van der Waals surface area contributed by atoms with E-state index >= 15 is 0 Å². The van der Waals surface area contributed by atoms with Crippen LogP contribution in [-0.2, 0) is 18.0 Å². The van der Waals surface area contributed by atoms with Crippen molar-refractivity contribution in [2.45, 2.75) is 103 Å². The van der Waals surface area contributed by atoms with Crippen LogP contribution < -0.4 is 4.98 Å². The van der Waals surface area contributed by atoms with E-state index in [0.717, 1.165) is 16.9 Å². The number of ether oxygens (including phenoxy) is 1. The fraction of sp³-hybridized carbons (Fsp3) is 0.739. The number of imidazole rings is 1. The van der Waals surface area contributed by atoms with Crippen molar-refractivity contribution in [3.05, 3.63) is 18.6 Å². The monoisotopic (exact) mass is 554 g/mol. The molecule has 1 aliphatic rings. The molecule has 0 aromatic carbocycles. The Kier molecular flexibility index (Phi) is 8.30. The van der Waals surface area contributed by atoms with E-state index in [0.29, 0.717) is 6.61 Å². The average Bonchev–Trinajstić information content (AvgIpc) is 3.19. The lowest BCUT2D eigenvalue weighted by Gasteiger charge is -2.34. The highest BCUT2D eigenvalue weighted by molar-refractivity contribution is 6.79. The summed E-state index contributed by atoms with van der Waals surface area (Å²) in [5, 5.41) is 0. The number of rotatable bonds is 10. The molecule has 0 spiro atoms. The van der Waals surface area contributed by atoms with Gasteiger partial charge in [0.1, 0.15) is 32.1 Å². The van der Waals surface area contributed by atoms with E-state index in [4.69, 9.17) is 28.0 Å². The van der Waals surface area contributed by atoms with Crippen molar-refractivity contribution in [3.8, 4) is 0 Å². The third kappa shape index (κ3) is 8.05. The molecule has 2 aromatic heterocycles. The van der Waals surface area contributed by atoms with E-state index in [1.54, 1.807) is 0 Å². The van der Waals surface area contributed by atoms with Gasteiger partial charge in [0.15, 0.2) is 36.8 Å². The molecule has 1 saturated heterocycles. The molecule has 3 rings (SSSR count). The van der Waals surface area contributed by atoms with Crippen molar-refractivity contribution in [2.75, 3.05) is 11.6 Å². The van der Waals surface area contributed by atoms with Crippen molar-refractivity contribution in [1.29, 1.82) is 0 Å². The van der Waals surface area contributed by atoms with Crippen LogP contribution in [0.2, 0.25) is 78.6 Å². The topological polar surface area (TPSA) is 79.7 Å². The minimum Gasteiger partial charge on any atom is -0.415 e. The van der Waals surface area contributed by atoms with Crippen LogP contribution in [0.1, 0.15) is 6.23 Å². The molecule has 0 saturated carbocycles. The number of anilines is 1. The zero-order chi connectivity index (χ0) is 26.4. The summed E-state index contributed by atoms with van der Waals surface area (Å²) in [6.07, 6.45) is 2.59. The van der Waals surface area contributed by atoms with Crippen molar-refractivity contribution in [1.82, 2.24) is 14.5 Å². The Morgan fingerprint density at radius 1 is 0.857 bits per heavy atom. The molecule has 2 aromatic rings. The quantitative estimate of drug-likeness (QED) is 0.368. The molecule has 0 radical (unpaired) electrons. The van der Waals surface area contributed by atoms with Crippen LogP contribution in [0.4, 0.5) is 5.69 Å². The molecule has 1 aliphatic heterocycles. The van der Waals surface area contributed by atoms with E-state index < -0.39 is 39.4 Å². The van der Waals surface area contributed by atoms with Crippen LogP contribution in [0.15, 0.2) is 18.6 Å². The number of nitrogens with one attached hydrogen (secondary N) is 1. The van der Waals surface area contributed by atoms with Gasteiger partial charge in [0.05, 0.1) is 18.6 Å². The predicted octanol–water partition coefficient (Wildman–Crippen LogP) is 5.87. The lowest BCUT2D eigenvalue weighted by atomic mass is 10.1. The summed E-state index contributed by atoms with van der Waals surface area (Å²) in [4.78, 5) is 13.2. The fourth-order valence-corrected chi connectivity index (χ4v) is 7.95. The van der Waals surface area contributed by atoms with Crippen LogP contribution in [0.5, 0.6) is 0 Å². The number of pyridine rings is 1. The Morgan fingerprint density at radius 3 is 2.00 bits per heavy atom. The van der Waals surface area contributed by atoms with Crippen LogP contribution in [0.3, 0.4) is 0 Å². The van der Waals surface area contributed by atoms with Crippen molar-refractivity contribution < 1.29 is 18.0 Å². The smallest absolute Gasteiger partial charge is 0.184 e. The van der Waals surface area contributed by atoms with E-state index in [1.165, 1.54) is 0 Å². The molecule has 0 bridgehead atoms. The van der Waals surface area contributed by atoms with Crippen LogP contribution in [0, 0.1) is 0 Å². The van der Waals surface area contributed by atoms with Gasteiger partial charge in [0, 0.05) is 6.20 Å². The summed E-state index contributed by atoms with van der Waals surface area (Å²) < 4.78 is 28.6. The van der Waals surface area contributed by atoms with E-state index in [9.17, 15) is 0 Å². The molecule has 0 amide bonds. The largest absolute Gasteiger partial charge is 0.415 e. The lowest BCUT2D eigenvalue weighted by molar-refractivity contribution is -0.0456. The lowest BCUT2D eigenvalue weighted by Crippen LogP contribution is -2.48. The molecular formula is C23H46N4O4Si4. The first kappa shape index (κ1) is 28.7. The number of fused-ring (bicyclic) bond motifs is 1. The highest BCUT2D eigenvalue weighted by Gasteiger charge is 2.50. The van der Waals surface area contributed by atoms with Crippen molar-refractivity contribution in [3.63, 3.8) is 0 Å². The number of nitrogens with zero attached hydrogens (tertiary/aromatic N) is 3. The van der Waals surface area contributed by atoms with Gasteiger partial charge < -0.3 is 23.0 Å². The van der Waals surface area contributed by atoms with Gasteiger partial charge in [-0.1, -0.05) is 19.6 Å². The van der Waals surface area contributed by atoms with Gasteiger partial charge in [0.25, 0.3) is 0 Å². The summed E-state index contributed by atoms with van der Waals surface area (Å²) in [6, 6.07) is 2.01. The van der Waals surface area contributed by atoms with Crippen molar-refractivity contribution >= 4 is 50.0 Å². The number of aromatic nitrogens is 3. The molecule has 1 fully saturated rings. The SMILES string of the molecule is C[Si](C)(C)Nc1ccnc2c1ncn2[C@@H]1O[C@H](CO[Si](C)(C)C)[C@@H](O[Si](C)(C)C)[C@H]1O[Si](C)(C)C. The van der Waals surface area contributed by atoms with Gasteiger partial charge in [-0.3, -0.25) is 4.57 Å². The van der Waals surface area contributed by atoms with Gasteiger partial charge in [0.2, 0.25) is 0 Å². The zero-order valence-electron chi connectivity index (χ0n) is 23.7. The summed E-state index contributed by atoms with van der Waals surface area (Å²) in [7, 11) is -7.13. The predicted molar refractivity (Wildman–Crippen MR) is 154 cm³/mol. The molecule has 3 heterocycles. The first-order valence-corrected chi connectivity index (χ1v) is 26.3. The zero-order valence-corrected chi connectivity index (χ0v) is 27.7. The van der Waals surface area contributed by atoms with E-state index in [1.807, 2.05) is 23.2 Å². The highest BCUT2D eigenvalue weighted by atomic mass is 28.4. The maximum absolute atomic E-state index is 6.80. The molecule has 12 heteroatoms. The third-order valence-electron chi connectivity index (χ3n) is 5.19. The first-order chi connectivity index (χ1) is 15.8. The molecular weight excluding hydrogens is 509 g/mol. The molecule has 198 valence electrons. The molecule has 8 nitrogen and oxygen atoms in total. The third-order valence-corrected chi connectivity index (χ3v) is 9.20. The molecule has 35 heavy (non-hydrogen) atoms. The molecule has 4 atom stereocenters. The second-order valence-electron chi connectivity index (χ2n) is 13.4. The van der Waals surface area contributed by atoms with Crippen molar-refractivity contribution in [2.24, 2.45) is 0 Å². The van der Waals surface area contributed by atoms with Gasteiger partial charge >= 0.3 is 0 Å². The Labute approximate surface area is 215 Å². The summed E-state index contributed by atoms with van der Waals surface area (Å²) in [6.45, 7) is 27.2. The number of hydrogen-bond acceptors (Lipinski definition) is 7. The Hall–Kier alpha value is -0.872. The van der Waals surface area contributed by atoms with E-state index in [-0.39, 0.29) is 18.3 Å². The maximum Gasteiger partial charge on any atom is 0.184 e. The summed E-state index contributed by atoms with van der Waals surface area (Å²) in [5.74, 6) is 0. The Bertz CT molecular complexity index is 1010. The second kappa shape index (κ2) is 10.1. The highest BCUT2D eigenvalue weighted by Crippen LogP contribution is 2.39. The van der Waals surface area contributed by atoms with Gasteiger partial charge in [-0.25, -0.2) is 9.97 Å². The molecule has 0 unspecified atom stereocenters. The Balaban J connectivity index is 2.05. The van der Waals surface area contributed by atoms with Crippen LogP contribution in [-0.4, -0.2) is 72.6 Å². The van der Waals surface area contributed by atoms with Crippen LogP contribution >= 0.6 is 0 Å². The fourth-order valence-electron chi connectivity index (χ4n) is 4.11. The molecule has 0 aliphatic carbocycles. The normalized spacial score (nSPS) is 24.3. The standard InChI is InChI=1S/C23H46N4O4Si4/c1-32(2,3)26-17-13-14-24-22-19(17)25-16-27(22)23-21(31-35(10,11)12)20(30-34(7,8)9)18(29-23)15-28-33(4,5)6/h13-14,16,18,20-21,23H,15H2,1-12H3,(H,24,26)/t18-,20-,21-,23-/m1/s1. The van der Waals surface area contributed by atoms with E-state index in [2.05, 4.69) is 83.5 Å². The average molecular weight is 555 g/mol. The van der Waals surface area contributed by atoms with Gasteiger partial charge in [-0.05, 0) is 65.0 Å². The van der Waals surface area contributed by atoms with Crippen LogP contribution in [0.25, 0.3) is 11.2 Å².